The Morgan fingerprint density at radius 3 is 2.41 bits per heavy atom. The molecule has 12 heteroatoms. The molecule has 11 nitrogen and oxygen atoms in total. The van der Waals surface area contributed by atoms with E-state index in [9.17, 15) is 19.7 Å². The SMILES string of the molecule is CCOC(=O)c1c(NC(=O)Nc2ccc(OC)nn2)sc(-c2ccc([N+](=O)[O-])cc2)c1C. The van der Waals surface area contributed by atoms with Crippen LogP contribution >= 0.6 is 11.3 Å². The van der Waals surface area contributed by atoms with Gasteiger partial charge in [0.1, 0.15) is 5.00 Å². The van der Waals surface area contributed by atoms with Crippen molar-refractivity contribution in [3.05, 3.63) is 57.6 Å². The third kappa shape index (κ3) is 4.98. The van der Waals surface area contributed by atoms with Crippen molar-refractivity contribution in [2.24, 2.45) is 0 Å². The number of nitrogens with zero attached hydrogens (tertiary/aromatic N) is 3. The smallest absolute Gasteiger partial charge is 0.341 e. The van der Waals surface area contributed by atoms with E-state index in [4.69, 9.17) is 9.47 Å². The Bertz CT molecular complexity index is 1140. The molecular weight excluding hydrogens is 438 g/mol. The number of nitrogens with one attached hydrogen (secondary N) is 2. The van der Waals surface area contributed by atoms with Gasteiger partial charge in [-0.15, -0.1) is 21.5 Å². The Morgan fingerprint density at radius 2 is 1.84 bits per heavy atom. The summed E-state index contributed by atoms with van der Waals surface area (Å²) in [4.78, 5) is 36.2. The Kier molecular flexibility index (Phi) is 6.95. The van der Waals surface area contributed by atoms with Gasteiger partial charge in [0, 0.05) is 23.1 Å². The molecule has 0 fully saturated rings. The summed E-state index contributed by atoms with van der Waals surface area (Å²) in [7, 11) is 1.45. The Balaban J connectivity index is 1.90. The van der Waals surface area contributed by atoms with Crippen LogP contribution in [0.25, 0.3) is 10.4 Å². The van der Waals surface area contributed by atoms with Gasteiger partial charge in [-0.05, 0) is 43.2 Å². The number of hydrogen-bond acceptors (Lipinski definition) is 9. The summed E-state index contributed by atoms with van der Waals surface area (Å²) in [5.41, 5.74) is 1.41. The fourth-order valence-electron chi connectivity index (χ4n) is 2.81. The van der Waals surface area contributed by atoms with E-state index in [0.29, 0.717) is 21.9 Å². The lowest BCUT2D eigenvalue weighted by atomic mass is 10.1. The van der Waals surface area contributed by atoms with Crippen molar-refractivity contribution in [2.75, 3.05) is 24.4 Å². The van der Waals surface area contributed by atoms with E-state index >= 15 is 0 Å². The van der Waals surface area contributed by atoms with Crippen LogP contribution in [-0.2, 0) is 4.74 Å². The zero-order valence-corrected chi connectivity index (χ0v) is 18.2. The van der Waals surface area contributed by atoms with E-state index in [0.717, 1.165) is 11.3 Å². The second-order valence-corrected chi connectivity index (χ2v) is 7.35. The third-order valence-corrected chi connectivity index (χ3v) is 5.54. The summed E-state index contributed by atoms with van der Waals surface area (Å²) in [6.45, 7) is 3.56. The van der Waals surface area contributed by atoms with Crippen LogP contribution < -0.4 is 15.4 Å². The second kappa shape index (κ2) is 9.83. The maximum Gasteiger partial charge on any atom is 0.341 e. The fourth-order valence-corrected chi connectivity index (χ4v) is 4.00. The van der Waals surface area contributed by atoms with Gasteiger partial charge in [0.25, 0.3) is 5.69 Å². The van der Waals surface area contributed by atoms with Crippen LogP contribution in [-0.4, -0.2) is 40.8 Å². The van der Waals surface area contributed by atoms with Gasteiger partial charge >= 0.3 is 12.0 Å². The first-order valence-electron chi connectivity index (χ1n) is 9.35. The zero-order chi connectivity index (χ0) is 23.3. The molecule has 0 radical (unpaired) electrons. The number of anilines is 2. The lowest BCUT2D eigenvalue weighted by molar-refractivity contribution is -0.384. The summed E-state index contributed by atoms with van der Waals surface area (Å²) in [6.07, 6.45) is 0. The Morgan fingerprint density at radius 1 is 1.12 bits per heavy atom. The number of non-ortho nitro benzene ring substituents is 1. The summed E-state index contributed by atoms with van der Waals surface area (Å²) in [5.74, 6) is -0.110. The summed E-state index contributed by atoms with van der Waals surface area (Å²) in [5, 5.41) is 24.0. The number of amides is 2. The number of carbonyl (C=O) groups is 2. The highest BCUT2D eigenvalue weighted by molar-refractivity contribution is 7.20. The molecule has 2 N–H and O–H groups in total. The van der Waals surface area contributed by atoms with Gasteiger partial charge in [-0.1, -0.05) is 0 Å². The van der Waals surface area contributed by atoms with Crippen LogP contribution in [0.5, 0.6) is 5.88 Å². The van der Waals surface area contributed by atoms with Crippen molar-refractivity contribution in [1.29, 1.82) is 0 Å². The van der Waals surface area contributed by atoms with Crippen LogP contribution in [0.2, 0.25) is 0 Å². The van der Waals surface area contributed by atoms with E-state index in [-0.39, 0.29) is 28.7 Å². The fraction of sp³-hybridized carbons (Fsp3) is 0.200. The van der Waals surface area contributed by atoms with Gasteiger partial charge in [-0.25, -0.2) is 9.59 Å². The maximum atomic E-state index is 12.6. The predicted molar refractivity (Wildman–Crippen MR) is 118 cm³/mol. The molecule has 0 saturated carbocycles. The topological polar surface area (TPSA) is 146 Å². The quantitative estimate of drug-likeness (QED) is 0.304. The van der Waals surface area contributed by atoms with Crippen molar-refractivity contribution in [3.63, 3.8) is 0 Å². The van der Waals surface area contributed by atoms with Gasteiger partial charge < -0.3 is 9.47 Å². The van der Waals surface area contributed by atoms with E-state index in [1.54, 1.807) is 26.0 Å². The third-order valence-electron chi connectivity index (χ3n) is 4.28. The number of rotatable bonds is 7. The molecule has 0 aliphatic carbocycles. The average Bonchev–Trinajstić information content (AvgIpc) is 3.10. The summed E-state index contributed by atoms with van der Waals surface area (Å²) in [6, 6.07) is 8.34. The monoisotopic (exact) mass is 457 g/mol. The molecule has 3 rings (SSSR count). The number of hydrogen-bond donors (Lipinski definition) is 2. The minimum Gasteiger partial charge on any atom is -0.480 e. The van der Waals surface area contributed by atoms with E-state index in [1.807, 2.05) is 0 Å². The molecule has 0 unspecified atom stereocenters. The minimum absolute atomic E-state index is 0.0492. The van der Waals surface area contributed by atoms with Crippen LogP contribution in [0, 0.1) is 17.0 Å². The van der Waals surface area contributed by atoms with E-state index < -0.39 is 16.9 Å². The highest BCUT2D eigenvalue weighted by Crippen LogP contribution is 2.40. The van der Waals surface area contributed by atoms with Crippen LogP contribution in [0.3, 0.4) is 0 Å². The van der Waals surface area contributed by atoms with Gasteiger partial charge in [0.05, 0.1) is 24.2 Å². The van der Waals surface area contributed by atoms with Crippen LogP contribution in [0.1, 0.15) is 22.8 Å². The van der Waals surface area contributed by atoms with Crippen molar-refractivity contribution in [1.82, 2.24) is 10.2 Å². The molecule has 32 heavy (non-hydrogen) atoms. The number of aromatic nitrogens is 2. The van der Waals surface area contributed by atoms with Crippen molar-refractivity contribution in [2.45, 2.75) is 13.8 Å². The van der Waals surface area contributed by atoms with Crippen molar-refractivity contribution >= 4 is 39.8 Å². The average molecular weight is 457 g/mol. The normalized spacial score (nSPS) is 10.3. The first-order valence-corrected chi connectivity index (χ1v) is 10.2. The molecule has 0 aliphatic heterocycles. The van der Waals surface area contributed by atoms with Crippen molar-refractivity contribution in [3.8, 4) is 16.3 Å². The molecule has 2 amide bonds. The largest absolute Gasteiger partial charge is 0.480 e. The number of nitro benzene ring substituents is 1. The molecule has 3 aromatic rings. The molecule has 2 heterocycles. The zero-order valence-electron chi connectivity index (χ0n) is 17.4. The molecule has 0 bridgehead atoms. The van der Waals surface area contributed by atoms with Gasteiger partial charge in [-0.2, -0.15) is 0 Å². The van der Waals surface area contributed by atoms with Crippen LogP contribution in [0.4, 0.5) is 21.3 Å². The van der Waals surface area contributed by atoms with Crippen molar-refractivity contribution < 1.29 is 24.0 Å². The lowest BCUT2D eigenvalue weighted by Gasteiger charge is -2.08. The Hall–Kier alpha value is -4.06. The molecule has 0 spiro atoms. The van der Waals surface area contributed by atoms with Gasteiger partial charge in [0.2, 0.25) is 5.88 Å². The summed E-state index contributed by atoms with van der Waals surface area (Å²) >= 11 is 1.15. The molecule has 0 aliphatic rings. The van der Waals surface area contributed by atoms with E-state index in [1.165, 1.54) is 31.4 Å². The number of methoxy groups -OCH3 is 1. The molecule has 2 aromatic heterocycles. The lowest BCUT2D eigenvalue weighted by Crippen LogP contribution is -2.21. The number of carbonyl (C=O) groups excluding carboxylic acids is 2. The highest BCUT2D eigenvalue weighted by atomic mass is 32.1. The number of ether oxygens (including phenoxy) is 2. The minimum atomic E-state index is -0.633. The first-order chi connectivity index (χ1) is 15.3. The second-order valence-electron chi connectivity index (χ2n) is 6.32. The number of thiophene rings is 1. The van der Waals surface area contributed by atoms with Gasteiger partial charge in [-0.3, -0.25) is 20.7 Å². The predicted octanol–water partition coefficient (Wildman–Crippen LogP) is 4.25. The molecule has 166 valence electrons. The summed E-state index contributed by atoms with van der Waals surface area (Å²) < 4.78 is 10.1. The molecule has 0 saturated heterocycles. The number of urea groups is 1. The number of esters is 1. The van der Waals surface area contributed by atoms with Gasteiger partial charge in [0.15, 0.2) is 5.82 Å². The standard InChI is InChI=1S/C20H19N5O6S/c1-4-31-19(26)16-11(2)17(12-5-7-13(8-6-12)25(28)29)32-18(16)22-20(27)21-14-9-10-15(30-3)24-23-14/h5-10H,4H2,1-3H3,(H2,21,22,23,27). The molecule has 1 aromatic carbocycles. The maximum absolute atomic E-state index is 12.6. The molecular formula is C20H19N5O6S. The van der Waals surface area contributed by atoms with E-state index in [2.05, 4.69) is 20.8 Å². The van der Waals surface area contributed by atoms with Crippen LogP contribution in [0.15, 0.2) is 36.4 Å². The number of benzene rings is 1. The Labute approximate surface area is 186 Å². The highest BCUT2D eigenvalue weighted by Gasteiger charge is 2.24. The molecule has 0 atom stereocenters. The number of nitro groups is 1. The first kappa shape index (κ1) is 22.6.